The molecule has 0 amide bonds. The first-order valence-electron chi connectivity index (χ1n) is 8.32. The van der Waals surface area contributed by atoms with Gasteiger partial charge in [0.2, 0.25) is 5.79 Å². The van der Waals surface area contributed by atoms with Crippen LogP contribution in [0.1, 0.15) is 46.0 Å². The monoisotopic (exact) mass is 277 g/mol. The summed E-state index contributed by atoms with van der Waals surface area (Å²) in [5.74, 6) is 0.123. The van der Waals surface area contributed by atoms with E-state index in [0.29, 0.717) is 18.1 Å². The zero-order valence-corrected chi connectivity index (χ0v) is 12.3. The molecule has 0 saturated carbocycles. The van der Waals surface area contributed by atoms with Gasteiger partial charge >= 0.3 is 5.97 Å². The van der Waals surface area contributed by atoms with E-state index >= 15 is 0 Å². The number of nitrogens with zero attached hydrogens (tertiary/aromatic N) is 1. The second-order valence-corrected chi connectivity index (χ2v) is 7.50. The van der Waals surface area contributed by atoms with Crippen molar-refractivity contribution in [2.45, 2.75) is 69.4 Å². The van der Waals surface area contributed by atoms with Gasteiger partial charge in [0.25, 0.3) is 0 Å². The highest BCUT2D eigenvalue weighted by Crippen LogP contribution is 2.71. The van der Waals surface area contributed by atoms with Gasteiger partial charge < -0.3 is 9.47 Å². The summed E-state index contributed by atoms with van der Waals surface area (Å²) in [6, 6.07) is 0.519. The summed E-state index contributed by atoms with van der Waals surface area (Å²) in [6.07, 6.45) is 6.27. The van der Waals surface area contributed by atoms with Crippen molar-refractivity contribution in [3.63, 3.8) is 0 Å². The molecule has 1 spiro atoms. The largest absolute Gasteiger partial charge is 0.432 e. The molecule has 1 unspecified atom stereocenters. The minimum absolute atomic E-state index is 0.00586. The lowest BCUT2D eigenvalue weighted by atomic mass is 9.70. The zero-order chi connectivity index (χ0) is 13.7. The van der Waals surface area contributed by atoms with Crippen LogP contribution in [-0.2, 0) is 14.3 Å². The Hall–Kier alpha value is -0.610. The van der Waals surface area contributed by atoms with Gasteiger partial charge in [0.05, 0.1) is 23.5 Å². The van der Waals surface area contributed by atoms with Crippen LogP contribution in [0.2, 0.25) is 0 Å². The van der Waals surface area contributed by atoms with Crippen LogP contribution in [0.4, 0.5) is 0 Å². The molecule has 110 valence electrons. The van der Waals surface area contributed by atoms with Crippen LogP contribution in [-0.4, -0.2) is 40.9 Å². The van der Waals surface area contributed by atoms with Gasteiger partial charge in [-0.05, 0) is 25.8 Å². The molecule has 0 aliphatic carbocycles. The van der Waals surface area contributed by atoms with Gasteiger partial charge in [0, 0.05) is 12.0 Å². The van der Waals surface area contributed by atoms with Crippen LogP contribution in [0.25, 0.3) is 0 Å². The van der Waals surface area contributed by atoms with E-state index in [1.165, 1.54) is 25.8 Å². The molecule has 0 radical (unpaired) electrons. The van der Waals surface area contributed by atoms with E-state index in [9.17, 15) is 4.79 Å². The van der Waals surface area contributed by atoms with Crippen molar-refractivity contribution in [2.24, 2.45) is 17.8 Å². The summed E-state index contributed by atoms with van der Waals surface area (Å²) < 4.78 is 12.4. The number of hydrogen-bond acceptors (Lipinski definition) is 4. The normalized spacial score (nSPS) is 61.2. The minimum atomic E-state index is -0.551. The molecule has 0 aromatic rings. The Bertz CT molecular complexity index is 494. The lowest BCUT2D eigenvalue weighted by molar-refractivity contribution is -0.258. The Morgan fingerprint density at radius 1 is 1.45 bits per heavy atom. The summed E-state index contributed by atoms with van der Waals surface area (Å²) >= 11 is 0. The smallest absolute Gasteiger partial charge is 0.311 e. The first-order valence-corrected chi connectivity index (χ1v) is 8.32. The highest BCUT2D eigenvalue weighted by atomic mass is 16.7. The van der Waals surface area contributed by atoms with Crippen molar-refractivity contribution >= 4 is 5.97 Å². The third kappa shape index (κ3) is 0.970. The van der Waals surface area contributed by atoms with Crippen molar-refractivity contribution in [3.05, 3.63) is 0 Å². The van der Waals surface area contributed by atoms with Crippen molar-refractivity contribution < 1.29 is 14.3 Å². The number of carbonyl (C=O) groups is 1. The third-order valence-corrected chi connectivity index (χ3v) is 7.00. The number of piperidine rings is 1. The Balaban J connectivity index is 1.64. The van der Waals surface area contributed by atoms with Gasteiger partial charge in [0.15, 0.2) is 0 Å². The van der Waals surface area contributed by atoms with Crippen molar-refractivity contribution in [2.75, 3.05) is 6.54 Å². The molecule has 8 atom stereocenters. The summed E-state index contributed by atoms with van der Waals surface area (Å²) in [5, 5.41) is 0. The van der Waals surface area contributed by atoms with Crippen LogP contribution in [0, 0.1) is 17.8 Å². The van der Waals surface area contributed by atoms with Crippen molar-refractivity contribution in [3.8, 4) is 0 Å². The topological polar surface area (TPSA) is 38.8 Å². The van der Waals surface area contributed by atoms with Crippen LogP contribution < -0.4 is 0 Å². The second-order valence-electron chi connectivity index (χ2n) is 7.50. The number of hydrogen-bond donors (Lipinski definition) is 0. The molecule has 5 bridgehead atoms. The van der Waals surface area contributed by atoms with Crippen LogP contribution >= 0.6 is 0 Å². The van der Waals surface area contributed by atoms with E-state index < -0.39 is 5.79 Å². The van der Waals surface area contributed by atoms with E-state index in [1.54, 1.807) is 0 Å². The van der Waals surface area contributed by atoms with Gasteiger partial charge in [-0.1, -0.05) is 26.7 Å². The fourth-order valence-corrected chi connectivity index (χ4v) is 6.47. The number of rotatable bonds is 3. The Morgan fingerprint density at radius 3 is 3.10 bits per heavy atom. The summed E-state index contributed by atoms with van der Waals surface area (Å²) in [7, 11) is 0. The van der Waals surface area contributed by atoms with E-state index in [-0.39, 0.29) is 23.3 Å². The summed E-state index contributed by atoms with van der Waals surface area (Å²) in [4.78, 5) is 14.9. The lowest BCUT2D eigenvalue weighted by Gasteiger charge is -2.48. The Labute approximate surface area is 119 Å². The zero-order valence-electron chi connectivity index (χ0n) is 12.3. The summed E-state index contributed by atoms with van der Waals surface area (Å²) in [6.45, 7) is 5.48. The van der Waals surface area contributed by atoms with Gasteiger partial charge in [-0.25, -0.2) is 0 Å². The maximum atomic E-state index is 12.2. The third-order valence-electron chi connectivity index (χ3n) is 7.00. The number of carbonyl (C=O) groups excluding carboxylic acids is 1. The number of esters is 1. The van der Waals surface area contributed by atoms with Gasteiger partial charge in [-0.15, -0.1) is 0 Å². The molecule has 5 aliphatic heterocycles. The maximum absolute atomic E-state index is 12.2. The Kier molecular flexibility index (Phi) is 2.04. The van der Waals surface area contributed by atoms with Gasteiger partial charge in [-0.3, -0.25) is 9.69 Å². The number of fused-ring (bicyclic) bond motifs is 1. The molecule has 4 heteroatoms. The van der Waals surface area contributed by atoms with Gasteiger partial charge in [-0.2, -0.15) is 0 Å². The predicted octanol–water partition coefficient (Wildman–Crippen LogP) is 1.93. The molecule has 5 saturated heterocycles. The first-order chi connectivity index (χ1) is 9.65. The molecular formula is C16H23NO3. The molecule has 5 aliphatic rings. The van der Waals surface area contributed by atoms with Crippen LogP contribution in [0.5, 0.6) is 0 Å². The fraction of sp³-hybridized carbons (Fsp3) is 0.938. The SMILES string of the molecule is CCCC[C@@]12[C@@H]3CCN1[C@H]1C[C@H]2O[C@@]32OC(=O)[C@@H](C)[C@H]12. The average Bonchev–Trinajstić information content (AvgIpc) is 3.04. The molecule has 5 rings (SSSR count). The second kappa shape index (κ2) is 3.41. The average molecular weight is 277 g/mol. The standard InChI is InChI=1S/C16H23NO3/c1-3-4-6-15-11-5-7-17(15)10-8-12(15)19-16(11)13(10)9(2)14(18)20-16/h9-13H,3-8H2,1-2H3/t9-,10-,11-,12+,13+,15-,16+/m0/s1. The number of ether oxygens (including phenoxy) is 2. The van der Waals surface area contributed by atoms with Crippen LogP contribution in [0.3, 0.4) is 0 Å². The quantitative estimate of drug-likeness (QED) is 0.739. The molecular weight excluding hydrogens is 254 g/mol. The minimum Gasteiger partial charge on any atom is -0.432 e. The van der Waals surface area contributed by atoms with Crippen molar-refractivity contribution in [1.82, 2.24) is 4.90 Å². The molecule has 0 aromatic heterocycles. The van der Waals surface area contributed by atoms with E-state index in [1.807, 2.05) is 6.92 Å². The van der Waals surface area contributed by atoms with Crippen LogP contribution in [0.15, 0.2) is 0 Å². The molecule has 20 heavy (non-hydrogen) atoms. The van der Waals surface area contributed by atoms with E-state index in [0.717, 1.165) is 12.8 Å². The predicted molar refractivity (Wildman–Crippen MR) is 71.8 cm³/mol. The van der Waals surface area contributed by atoms with E-state index in [2.05, 4.69) is 11.8 Å². The van der Waals surface area contributed by atoms with Gasteiger partial charge in [0.1, 0.15) is 0 Å². The fourth-order valence-electron chi connectivity index (χ4n) is 6.47. The highest BCUT2D eigenvalue weighted by molar-refractivity contribution is 5.76. The molecule has 5 heterocycles. The lowest BCUT2D eigenvalue weighted by Crippen LogP contribution is -2.61. The van der Waals surface area contributed by atoms with Crippen molar-refractivity contribution in [1.29, 1.82) is 0 Å². The highest BCUT2D eigenvalue weighted by Gasteiger charge is 2.84. The maximum Gasteiger partial charge on any atom is 0.311 e. The van der Waals surface area contributed by atoms with E-state index in [4.69, 9.17) is 9.47 Å². The molecule has 0 N–H and O–H groups in total. The molecule has 5 fully saturated rings. The first kappa shape index (κ1) is 12.0. The Morgan fingerprint density at radius 2 is 2.30 bits per heavy atom. The number of unbranched alkanes of at least 4 members (excludes halogenated alkanes) is 1. The molecule has 4 nitrogen and oxygen atoms in total. The molecule has 0 aromatic carbocycles. The summed E-state index contributed by atoms with van der Waals surface area (Å²) in [5.41, 5.74) is 0.196.